The van der Waals surface area contributed by atoms with Gasteiger partial charge in [-0.2, -0.15) is 0 Å². The van der Waals surface area contributed by atoms with Gasteiger partial charge in [0.05, 0.1) is 32.0 Å². The molecule has 2 fully saturated rings. The van der Waals surface area contributed by atoms with Crippen molar-refractivity contribution in [1.82, 2.24) is 5.32 Å². The first-order valence-corrected chi connectivity index (χ1v) is 5.97. The van der Waals surface area contributed by atoms with Crippen molar-refractivity contribution in [3.05, 3.63) is 0 Å². The van der Waals surface area contributed by atoms with Gasteiger partial charge >= 0.3 is 0 Å². The molecule has 1 atom stereocenters. The Kier molecular flexibility index (Phi) is 4.86. The lowest BCUT2D eigenvalue weighted by atomic mass is 10.1. The third-order valence-corrected chi connectivity index (χ3v) is 2.96. The standard InChI is InChI=1S/C11H21NO3/c1-4-12-5-2-10(1)14-7-8-15-11-3-6-13-9-11/h10-12H,1-9H2/t11-/m1/s1. The Morgan fingerprint density at radius 2 is 1.73 bits per heavy atom. The van der Waals surface area contributed by atoms with E-state index in [-0.39, 0.29) is 0 Å². The van der Waals surface area contributed by atoms with Gasteiger partial charge in [0.15, 0.2) is 0 Å². The van der Waals surface area contributed by atoms with E-state index in [9.17, 15) is 0 Å². The van der Waals surface area contributed by atoms with Crippen molar-refractivity contribution in [2.75, 3.05) is 39.5 Å². The van der Waals surface area contributed by atoms with E-state index in [4.69, 9.17) is 14.2 Å². The Morgan fingerprint density at radius 3 is 2.40 bits per heavy atom. The first-order valence-electron chi connectivity index (χ1n) is 5.97. The maximum atomic E-state index is 5.74. The zero-order valence-electron chi connectivity index (χ0n) is 9.24. The highest BCUT2D eigenvalue weighted by molar-refractivity contribution is 4.68. The molecule has 15 heavy (non-hydrogen) atoms. The van der Waals surface area contributed by atoms with Gasteiger partial charge < -0.3 is 19.5 Å². The summed E-state index contributed by atoms with van der Waals surface area (Å²) < 4.78 is 16.6. The van der Waals surface area contributed by atoms with Crippen molar-refractivity contribution in [1.29, 1.82) is 0 Å². The highest BCUT2D eigenvalue weighted by Gasteiger charge is 2.16. The second-order valence-electron chi connectivity index (χ2n) is 4.18. The predicted molar refractivity (Wildman–Crippen MR) is 57.0 cm³/mol. The third-order valence-electron chi connectivity index (χ3n) is 2.96. The summed E-state index contributed by atoms with van der Waals surface area (Å²) in [4.78, 5) is 0. The van der Waals surface area contributed by atoms with Crippen LogP contribution in [0, 0.1) is 0 Å². The average Bonchev–Trinajstić information content (AvgIpc) is 2.79. The Hall–Kier alpha value is -0.160. The van der Waals surface area contributed by atoms with Gasteiger partial charge in [0.2, 0.25) is 0 Å². The molecular formula is C11H21NO3. The number of nitrogens with one attached hydrogen (secondary N) is 1. The molecule has 2 heterocycles. The van der Waals surface area contributed by atoms with Crippen molar-refractivity contribution in [2.45, 2.75) is 31.5 Å². The van der Waals surface area contributed by atoms with Crippen molar-refractivity contribution >= 4 is 0 Å². The normalized spacial score (nSPS) is 28.4. The van der Waals surface area contributed by atoms with Crippen LogP contribution in [0.4, 0.5) is 0 Å². The molecule has 0 saturated carbocycles. The summed E-state index contributed by atoms with van der Waals surface area (Å²) in [5.41, 5.74) is 0. The Bertz CT molecular complexity index is 165. The van der Waals surface area contributed by atoms with Crippen LogP contribution >= 0.6 is 0 Å². The van der Waals surface area contributed by atoms with Gasteiger partial charge in [-0.1, -0.05) is 0 Å². The first kappa shape index (κ1) is 11.3. The Morgan fingerprint density at radius 1 is 1.00 bits per heavy atom. The molecule has 4 heteroatoms. The summed E-state index contributed by atoms with van der Waals surface area (Å²) in [6.45, 7) is 5.20. The van der Waals surface area contributed by atoms with Gasteiger partial charge in [0.25, 0.3) is 0 Å². The summed E-state index contributed by atoms with van der Waals surface area (Å²) in [6.07, 6.45) is 4.04. The maximum Gasteiger partial charge on any atom is 0.0831 e. The van der Waals surface area contributed by atoms with Crippen LogP contribution in [0.1, 0.15) is 19.3 Å². The van der Waals surface area contributed by atoms with E-state index in [1.54, 1.807) is 0 Å². The average molecular weight is 215 g/mol. The molecule has 0 aromatic carbocycles. The topological polar surface area (TPSA) is 39.7 Å². The molecule has 2 aliphatic rings. The van der Waals surface area contributed by atoms with Gasteiger partial charge in [-0.15, -0.1) is 0 Å². The molecule has 2 aliphatic heterocycles. The summed E-state index contributed by atoms with van der Waals surface area (Å²) in [5.74, 6) is 0. The van der Waals surface area contributed by atoms with E-state index in [0.29, 0.717) is 18.8 Å². The van der Waals surface area contributed by atoms with Gasteiger partial charge in [-0.25, -0.2) is 0 Å². The predicted octanol–water partition coefficient (Wildman–Crippen LogP) is 0.560. The molecule has 4 nitrogen and oxygen atoms in total. The molecule has 0 aromatic rings. The number of hydrogen-bond donors (Lipinski definition) is 1. The number of piperidine rings is 1. The molecule has 0 aromatic heterocycles. The second-order valence-corrected chi connectivity index (χ2v) is 4.18. The van der Waals surface area contributed by atoms with Crippen molar-refractivity contribution in [3.8, 4) is 0 Å². The molecule has 1 N–H and O–H groups in total. The number of hydrogen-bond acceptors (Lipinski definition) is 4. The molecule has 0 aliphatic carbocycles. The quantitative estimate of drug-likeness (QED) is 0.680. The smallest absolute Gasteiger partial charge is 0.0831 e. The summed E-state index contributed by atoms with van der Waals surface area (Å²) in [6, 6.07) is 0. The zero-order chi connectivity index (χ0) is 10.3. The molecule has 0 unspecified atom stereocenters. The van der Waals surface area contributed by atoms with Crippen molar-refractivity contribution in [3.63, 3.8) is 0 Å². The highest BCUT2D eigenvalue weighted by Crippen LogP contribution is 2.09. The van der Waals surface area contributed by atoms with Crippen LogP contribution in [0.15, 0.2) is 0 Å². The second kappa shape index (κ2) is 6.43. The maximum absolute atomic E-state index is 5.74. The lowest BCUT2D eigenvalue weighted by Gasteiger charge is -2.23. The van der Waals surface area contributed by atoms with E-state index in [2.05, 4.69) is 5.32 Å². The molecular weight excluding hydrogens is 194 g/mol. The van der Waals surface area contributed by atoms with E-state index in [1.165, 1.54) is 0 Å². The van der Waals surface area contributed by atoms with Crippen LogP contribution < -0.4 is 5.32 Å². The fourth-order valence-electron chi connectivity index (χ4n) is 2.04. The van der Waals surface area contributed by atoms with Crippen LogP contribution in [0.25, 0.3) is 0 Å². The summed E-state index contributed by atoms with van der Waals surface area (Å²) in [7, 11) is 0. The SMILES string of the molecule is C1CC(OCCO[C@@H]2CCOC2)CCN1. The molecule has 0 amide bonds. The first-order chi connectivity index (χ1) is 7.45. The molecule has 2 saturated heterocycles. The van der Waals surface area contributed by atoms with Crippen molar-refractivity contribution in [2.24, 2.45) is 0 Å². The summed E-state index contributed by atoms with van der Waals surface area (Å²) >= 11 is 0. The highest BCUT2D eigenvalue weighted by atomic mass is 16.6. The molecule has 0 radical (unpaired) electrons. The van der Waals surface area contributed by atoms with E-state index in [1.807, 2.05) is 0 Å². The molecule has 2 rings (SSSR count). The minimum absolute atomic E-state index is 0.307. The molecule has 88 valence electrons. The van der Waals surface area contributed by atoms with Crippen LogP contribution in [-0.4, -0.2) is 51.7 Å². The largest absolute Gasteiger partial charge is 0.379 e. The number of ether oxygens (including phenoxy) is 3. The zero-order valence-corrected chi connectivity index (χ0v) is 9.24. The Balaban J connectivity index is 1.47. The van der Waals surface area contributed by atoms with Crippen molar-refractivity contribution < 1.29 is 14.2 Å². The lowest BCUT2D eigenvalue weighted by Crippen LogP contribution is -2.33. The van der Waals surface area contributed by atoms with E-state index in [0.717, 1.165) is 52.2 Å². The van der Waals surface area contributed by atoms with Gasteiger partial charge in [-0.3, -0.25) is 0 Å². The van der Waals surface area contributed by atoms with Gasteiger partial charge in [-0.05, 0) is 32.4 Å². The van der Waals surface area contributed by atoms with Gasteiger partial charge in [0.1, 0.15) is 0 Å². The Labute approximate surface area is 91.3 Å². The summed E-state index contributed by atoms with van der Waals surface area (Å²) in [5, 5.41) is 3.32. The van der Waals surface area contributed by atoms with Crippen LogP contribution in [0.3, 0.4) is 0 Å². The fraction of sp³-hybridized carbons (Fsp3) is 1.00. The molecule has 0 spiro atoms. The van der Waals surface area contributed by atoms with E-state index < -0.39 is 0 Å². The van der Waals surface area contributed by atoms with Crippen LogP contribution in [-0.2, 0) is 14.2 Å². The van der Waals surface area contributed by atoms with Crippen LogP contribution in [0.5, 0.6) is 0 Å². The minimum atomic E-state index is 0.307. The monoisotopic (exact) mass is 215 g/mol. The lowest BCUT2D eigenvalue weighted by molar-refractivity contribution is -0.0310. The van der Waals surface area contributed by atoms with E-state index >= 15 is 0 Å². The van der Waals surface area contributed by atoms with Crippen LogP contribution in [0.2, 0.25) is 0 Å². The third kappa shape index (κ3) is 4.07. The minimum Gasteiger partial charge on any atom is -0.379 e. The molecule has 0 bridgehead atoms. The fourth-order valence-corrected chi connectivity index (χ4v) is 2.04. The van der Waals surface area contributed by atoms with Gasteiger partial charge in [0, 0.05) is 6.61 Å². The number of rotatable bonds is 5.